The molecule has 0 saturated heterocycles. The standard InChI is InChI=1S/C40H70O4/c1-5-9-13-17-19-23-29-35(27-21-15-11-7-3)33-43-39(41)37-31-25-26-32-38(37)40(42)44-34-36(28-22-16-12-8-4)30-24-20-18-14-10-6-2/h25-26,31-32,35-36H,5-24,27-30,33-34H2,1-4H3. The van der Waals surface area contributed by atoms with Crippen LogP contribution in [0.25, 0.3) is 0 Å². The van der Waals surface area contributed by atoms with Gasteiger partial charge in [-0.25, -0.2) is 9.59 Å². The highest BCUT2D eigenvalue weighted by molar-refractivity contribution is 6.03. The average molecular weight is 615 g/mol. The first-order chi connectivity index (χ1) is 21.6. The number of carbonyl (C=O) groups is 2. The zero-order valence-corrected chi connectivity index (χ0v) is 29.5. The van der Waals surface area contributed by atoms with Crippen molar-refractivity contribution in [2.75, 3.05) is 13.2 Å². The minimum atomic E-state index is -0.401. The number of rotatable bonds is 30. The first-order valence-electron chi connectivity index (χ1n) is 19.0. The summed E-state index contributed by atoms with van der Waals surface area (Å²) in [5.74, 6) is -0.0300. The molecule has 1 rings (SSSR count). The van der Waals surface area contributed by atoms with Gasteiger partial charge in [-0.15, -0.1) is 0 Å². The molecular weight excluding hydrogens is 544 g/mol. The maximum absolute atomic E-state index is 13.3. The van der Waals surface area contributed by atoms with Gasteiger partial charge in [-0.2, -0.15) is 0 Å². The SMILES string of the molecule is CCCCCCCCC(CCCCCC)COC(=O)c1ccccc1C(=O)OCC(CCCCCC)CCCCCCCC. The van der Waals surface area contributed by atoms with Gasteiger partial charge in [0, 0.05) is 0 Å². The first-order valence-corrected chi connectivity index (χ1v) is 19.0. The molecular formula is C40H70O4. The van der Waals surface area contributed by atoms with Gasteiger partial charge < -0.3 is 9.47 Å². The summed E-state index contributed by atoms with van der Waals surface area (Å²) in [6, 6.07) is 7.03. The molecule has 0 aliphatic heterocycles. The van der Waals surface area contributed by atoms with Gasteiger partial charge in [-0.05, 0) is 49.7 Å². The largest absolute Gasteiger partial charge is 0.462 e. The molecule has 0 amide bonds. The molecule has 0 bridgehead atoms. The van der Waals surface area contributed by atoms with E-state index >= 15 is 0 Å². The van der Waals surface area contributed by atoms with Gasteiger partial charge in [-0.3, -0.25) is 0 Å². The van der Waals surface area contributed by atoms with Crippen LogP contribution in [0.2, 0.25) is 0 Å². The predicted molar refractivity (Wildman–Crippen MR) is 187 cm³/mol. The third-order valence-electron chi connectivity index (χ3n) is 9.13. The summed E-state index contributed by atoms with van der Waals surface area (Å²) in [6.45, 7) is 9.84. The fourth-order valence-electron chi connectivity index (χ4n) is 6.15. The Labute approximate surface area is 272 Å². The third-order valence-corrected chi connectivity index (χ3v) is 9.13. The Kier molecular flexibility index (Phi) is 26.1. The van der Waals surface area contributed by atoms with E-state index in [1.807, 2.05) is 0 Å². The molecule has 44 heavy (non-hydrogen) atoms. The number of unbranched alkanes of at least 4 members (excludes halogenated alkanes) is 16. The van der Waals surface area contributed by atoms with Crippen LogP contribution < -0.4 is 0 Å². The highest BCUT2D eigenvalue weighted by Gasteiger charge is 2.22. The summed E-state index contributed by atoms with van der Waals surface area (Å²) in [6.07, 6.45) is 29.5. The molecule has 1 aromatic carbocycles. The zero-order valence-electron chi connectivity index (χ0n) is 29.5. The predicted octanol–water partition coefficient (Wildman–Crippen LogP) is 12.7. The number of benzene rings is 1. The van der Waals surface area contributed by atoms with Crippen molar-refractivity contribution in [1.82, 2.24) is 0 Å². The van der Waals surface area contributed by atoms with Crippen LogP contribution in [-0.4, -0.2) is 25.2 Å². The molecule has 254 valence electrons. The van der Waals surface area contributed by atoms with Gasteiger partial charge >= 0.3 is 11.9 Å². The van der Waals surface area contributed by atoms with E-state index < -0.39 is 11.9 Å². The van der Waals surface area contributed by atoms with Crippen LogP contribution in [0.15, 0.2) is 24.3 Å². The molecule has 4 nitrogen and oxygen atoms in total. The lowest BCUT2D eigenvalue weighted by molar-refractivity contribution is 0.0376. The summed E-state index contributed by atoms with van der Waals surface area (Å²) in [5, 5.41) is 0. The molecule has 0 radical (unpaired) electrons. The third kappa shape index (κ3) is 20.2. The van der Waals surface area contributed by atoms with E-state index in [-0.39, 0.29) is 0 Å². The fourth-order valence-corrected chi connectivity index (χ4v) is 6.15. The molecule has 1 aromatic rings. The van der Waals surface area contributed by atoms with E-state index in [1.54, 1.807) is 24.3 Å². The minimum Gasteiger partial charge on any atom is -0.462 e. The monoisotopic (exact) mass is 615 g/mol. The molecule has 0 aromatic heterocycles. The average Bonchev–Trinajstić information content (AvgIpc) is 3.04. The normalized spacial score (nSPS) is 12.6. The fraction of sp³-hybridized carbons (Fsp3) is 0.800. The Morgan fingerprint density at radius 1 is 0.455 bits per heavy atom. The van der Waals surface area contributed by atoms with Crippen molar-refractivity contribution in [3.05, 3.63) is 35.4 Å². The highest BCUT2D eigenvalue weighted by atomic mass is 16.5. The second-order valence-electron chi connectivity index (χ2n) is 13.3. The van der Waals surface area contributed by atoms with Crippen LogP contribution in [0, 0.1) is 11.8 Å². The van der Waals surface area contributed by atoms with Crippen LogP contribution in [0.3, 0.4) is 0 Å². The maximum atomic E-state index is 13.3. The summed E-state index contributed by atoms with van der Waals surface area (Å²) in [5.41, 5.74) is 0.662. The second-order valence-corrected chi connectivity index (χ2v) is 13.3. The van der Waals surface area contributed by atoms with E-state index in [9.17, 15) is 9.59 Å². The lowest BCUT2D eigenvalue weighted by atomic mass is 9.95. The number of esters is 2. The Morgan fingerprint density at radius 3 is 1.05 bits per heavy atom. The van der Waals surface area contributed by atoms with Crippen LogP contribution in [0.1, 0.15) is 203 Å². The molecule has 0 saturated carbocycles. The van der Waals surface area contributed by atoms with Gasteiger partial charge in [0.15, 0.2) is 0 Å². The van der Waals surface area contributed by atoms with Crippen molar-refractivity contribution in [3.8, 4) is 0 Å². The summed E-state index contributed by atoms with van der Waals surface area (Å²) >= 11 is 0. The number of hydrogen-bond donors (Lipinski definition) is 0. The molecule has 0 heterocycles. The summed E-state index contributed by atoms with van der Waals surface area (Å²) in [4.78, 5) is 26.5. The molecule has 0 N–H and O–H groups in total. The summed E-state index contributed by atoms with van der Waals surface area (Å²) < 4.78 is 11.8. The van der Waals surface area contributed by atoms with Gasteiger partial charge in [0.05, 0.1) is 24.3 Å². The molecule has 4 heteroatoms. The van der Waals surface area contributed by atoms with Crippen molar-refractivity contribution in [1.29, 1.82) is 0 Å². The lowest BCUT2D eigenvalue weighted by Crippen LogP contribution is -2.19. The van der Waals surface area contributed by atoms with Crippen LogP contribution in [0.4, 0.5) is 0 Å². The van der Waals surface area contributed by atoms with Crippen LogP contribution in [-0.2, 0) is 9.47 Å². The van der Waals surface area contributed by atoms with Crippen LogP contribution in [0.5, 0.6) is 0 Å². The van der Waals surface area contributed by atoms with E-state index in [4.69, 9.17) is 9.47 Å². The van der Waals surface area contributed by atoms with E-state index in [2.05, 4.69) is 27.7 Å². The van der Waals surface area contributed by atoms with Crippen molar-refractivity contribution >= 4 is 11.9 Å². The Morgan fingerprint density at radius 2 is 0.727 bits per heavy atom. The first kappa shape index (κ1) is 40.2. The number of ether oxygens (including phenoxy) is 2. The highest BCUT2D eigenvalue weighted by Crippen LogP contribution is 2.23. The molecule has 0 spiro atoms. The Bertz CT molecular complexity index is 752. The van der Waals surface area contributed by atoms with Crippen molar-refractivity contribution in [2.24, 2.45) is 11.8 Å². The van der Waals surface area contributed by atoms with Gasteiger partial charge in [0.1, 0.15) is 0 Å². The lowest BCUT2D eigenvalue weighted by Gasteiger charge is -2.19. The van der Waals surface area contributed by atoms with Crippen molar-refractivity contribution in [2.45, 2.75) is 182 Å². The summed E-state index contributed by atoms with van der Waals surface area (Å²) in [7, 11) is 0. The molecule has 0 aliphatic rings. The van der Waals surface area contributed by atoms with E-state index in [0.717, 1.165) is 25.7 Å². The van der Waals surface area contributed by atoms with Crippen molar-refractivity contribution < 1.29 is 19.1 Å². The topological polar surface area (TPSA) is 52.6 Å². The molecule has 0 fully saturated rings. The van der Waals surface area contributed by atoms with E-state index in [1.165, 1.54) is 128 Å². The zero-order chi connectivity index (χ0) is 32.1. The smallest absolute Gasteiger partial charge is 0.339 e. The minimum absolute atomic E-state index is 0.331. The Balaban J connectivity index is 2.71. The van der Waals surface area contributed by atoms with Gasteiger partial charge in [-0.1, -0.05) is 168 Å². The number of carbonyl (C=O) groups excluding carboxylic acids is 2. The quantitative estimate of drug-likeness (QED) is 0.0639. The molecule has 2 unspecified atom stereocenters. The van der Waals surface area contributed by atoms with Gasteiger partial charge in [0.25, 0.3) is 0 Å². The molecule has 2 atom stereocenters. The van der Waals surface area contributed by atoms with Crippen molar-refractivity contribution in [3.63, 3.8) is 0 Å². The molecule has 0 aliphatic carbocycles. The number of hydrogen-bond acceptors (Lipinski definition) is 4. The Hall–Kier alpha value is -1.84. The van der Waals surface area contributed by atoms with Gasteiger partial charge in [0.2, 0.25) is 0 Å². The second kappa shape index (κ2) is 28.6. The van der Waals surface area contributed by atoms with E-state index in [0.29, 0.717) is 36.2 Å². The maximum Gasteiger partial charge on any atom is 0.339 e. The van der Waals surface area contributed by atoms with Crippen LogP contribution >= 0.6 is 0 Å².